The second-order valence-corrected chi connectivity index (χ2v) is 9.45. The van der Waals surface area contributed by atoms with Crippen molar-refractivity contribution < 1.29 is 9.18 Å². The number of halogens is 1. The molecule has 4 aromatic rings. The van der Waals surface area contributed by atoms with Gasteiger partial charge in [0.05, 0.1) is 16.6 Å². The van der Waals surface area contributed by atoms with Crippen LogP contribution in [0.15, 0.2) is 70.6 Å². The summed E-state index contributed by atoms with van der Waals surface area (Å²) in [4.78, 5) is 33.2. The lowest BCUT2D eigenvalue weighted by Gasteiger charge is -2.19. The summed E-state index contributed by atoms with van der Waals surface area (Å²) in [7, 11) is 0. The number of benzene rings is 3. The standard InChI is InChI=1S/C28H28FN3O2S/c1-5-31(6-2)26(33)21-10-11-24-25(16-21)30-28(35-17-20-8-7-9-22(29)15-20)32(27(24)34)23-13-18(3)12-19(4)14-23/h7-16H,5-6,17H2,1-4H3. The maximum atomic E-state index is 13.7. The quantitative estimate of drug-likeness (QED) is 0.239. The number of carbonyl (C=O) groups is 1. The van der Waals surface area contributed by atoms with Crippen molar-refractivity contribution in [3.8, 4) is 5.69 Å². The average Bonchev–Trinajstić information content (AvgIpc) is 2.82. The minimum Gasteiger partial charge on any atom is -0.339 e. The highest BCUT2D eigenvalue weighted by molar-refractivity contribution is 7.98. The van der Waals surface area contributed by atoms with Crippen LogP contribution < -0.4 is 5.56 Å². The molecule has 0 unspecified atom stereocenters. The monoisotopic (exact) mass is 489 g/mol. The van der Waals surface area contributed by atoms with Crippen molar-refractivity contribution in [1.82, 2.24) is 14.5 Å². The van der Waals surface area contributed by atoms with Crippen LogP contribution in [0.5, 0.6) is 0 Å². The van der Waals surface area contributed by atoms with Gasteiger partial charge in [0, 0.05) is 24.4 Å². The first-order valence-electron chi connectivity index (χ1n) is 11.6. The van der Waals surface area contributed by atoms with Crippen LogP contribution in [0.2, 0.25) is 0 Å². The van der Waals surface area contributed by atoms with Gasteiger partial charge in [0.1, 0.15) is 5.82 Å². The third-order valence-corrected chi connectivity index (χ3v) is 6.87. The molecule has 0 aliphatic rings. The number of fused-ring (bicyclic) bond motifs is 1. The van der Waals surface area contributed by atoms with Gasteiger partial charge >= 0.3 is 0 Å². The van der Waals surface area contributed by atoms with E-state index in [1.54, 1.807) is 33.7 Å². The van der Waals surface area contributed by atoms with E-state index in [2.05, 4.69) is 0 Å². The van der Waals surface area contributed by atoms with Crippen molar-refractivity contribution in [2.45, 2.75) is 38.6 Å². The van der Waals surface area contributed by atoms with Crippen LogP contribution in [0.3, 0.4) is 0 Å². The normalized spacial score (nSPS) is 11.1. The topological polar surface area (TPSA) is 55.2 Å². The second kappa shape index (κ2) is 10.4. The molecule has 5 nitrogen and oxygen atoms in total. The van der Waals surface area contributed by atoms with Crippen molar-refractivity contribution in [2.24, 2.45) is 0 Å². The van der Waals surface area contributed by atoms with Crippen molar-refractivity contribution in [3.05, 3.63) is 99.1 Å². The van der Waals surface area contributed by atoms with Gasteiger partial charge in [-0.15, -0.1) is 0 Å². The van der Waals surface area contributed by atoms with Gasteiger partial charge in [-0.1, -0.05) is 30.0 Å². The Morgan fingerprint density at radius 1 is 1.00 bits per heavy atom. The first kappa shape index (κ1) is 24.7. The summed E-state index contributed by atoms with van der Waals surface area (Å²) in [6.07, 6.45) is 0. The van der Waals surface area contributed by atoms with Crippen molar-refractivity contribution in [2.75, 3.05) is 13.1 Å². The van der Waals surface area contributed by atoms with E-state index in [4.69, 9.17) is 4.98 Å². The zero-order valence-corrected chi connectivity index (χ0v) is 21.2. The Kier molecular flexibility index (Phi) is 7.36. The van der Waals surface area contributed by atoms with E-state index in [1.165, 1.54) is 23.9 Å². The molecule has 1 aromatic heterocycles. The van der Waals surface area contributed by atoms with E-state index < -0.39 is 0 Å². The maximum absolute atomic E-state index is 13.7. The van der Waals surface area contributed by atoms with Gasteiger partial charge in [-0.25, -0.2) is 9.37 Å². The first-order chi connectivity index (χ1) is 16.8. The Morgan fingerprint density at radius 2 is 1.71 bits per heavy atom. The lowest BCUT2D eigenvalue weighted by molar-refractivity contribution is 0.0773. The molecule has 4 rings (SSSR count). The Labute approximate surface area is 208 Å². The molecule has 0 radical (unpaired) electrons. The zero-order chi connectivity index (χ0) is 25.1. The number of thioether (sulfide) groups is 1. The van der Waals surface area contributed by atoms with E-state index in [9.17, 15) is 14.0 Å². The summed E-state index contributed by atoms with van der Waals surface area (Å²) in [5.74, 6) is 0.0467. The molecule has 0 aliphatic carbocycles. The summed E-state index contributed by atoms with van der Waals surface area (Å²) < 4.78 is 15.3. The third-order valence-electron chi connectivity index (χ3n) is 5.86. The molecule has 7 heteroatoms. The van der Waals surface area contributed by atoms with Crippen LogP contribution in [0.25, 0.3) is 16.6 Å². The molecule has 0 spiro atoms. The fourth-order valence-electron chi connectivity index (χ4n) is 4.17. The molecule has 0 aliphatic heterocycles. The molecule has 0 saturated heterocycles. The van der Waals surface area contributed by atoms with Gasteiger partial charge in [-0.3, -0.25) is 14.2 Å². The summed E-state index contributed by atoms with van der Waals surface area (Å²) in [6.45, 7) is 9.05. The molecule has 35 heavy (non-hydrogen) atoms. The predicted molar refractivity (Wildman–Crippen MR) is 140 cm³/mol. The summed E-state index contributed by atoms with van der Waals surface area (Å²) >= 11 is 1.36. The van der Waals surface area contributed by atoms with Gasteiger partial charge in [-0.05, 0) is 86.8 Å². The molecule has 0 atom stereocenters. The average molecular weight is 490 g/mol. The Bertz CT molecular complexity index is 1440. The van der Waals surface area contributed by atoms with E-state index in [0.717, 1.165) is 22.4 Å². The SMILES string of the molecule is CCN(CC)C(=O)c1ccc2c(=O)n(-c3cc(C)cc(C)c3)c(SCc3cccc(F)c3)nc2c1. The predicted octanol–water partition coefficient (Wildman–Crippen LogP) is 5.92. The minimum atomic E-state index is -0.305. The number of rotatable bonds is 7. The summed E-state index contributed by atoms with van der Waals surface area (Å²) in [6, 6.07) is 17.4. The number of amides is 1. The van der Waals surface area contributed by atoms with E-state index >= 15 is 0 Å². The Morgan fingerprint density at radius 3 is 2.37 bits per heavy atom. The van der Waals surface area contributed by atoms with Crippen LogP contribution in [-0.4, -0.2) is 33.4 Å². The number of aromatic nitrogens is 2. The Hall–Kier alpha value is -3.45. The van der Waals surface area contributed by atoms with Gasteiger partial charge in [-0.2, -0.15) is 0 Å². The minimum absolute atomic E-state index is 0.0915. The fourth-order valence-corrected chi connectivity index (χ4v) is 5.13. The van der Waals surface area contributed by atoms with Crippen molar-refractivity contribution in [3.63, 3.8) is 0 Å². The molecule has 180 valence electrons. The smallest absolute Gasteiger partial charge is 0.266 e. The van der Waals surface area contributed by atoms with Gasteiger partial charge < -0.3 is 4.90 Å². The maximum Gasteiger partial charge on any atom is 0.266 e. The Balaban J connectivity index is 1.87. The number of nitrogens with zero attached hydrogens (tertiary/aromatic N) is 3. The number of hydrogen-bond donors (Lipinski definition) is 0. The van der Waals surface area contributed by atoms with Gasteiger partial charge in [0.25, 0.3) is 11.5 Å². The number of carbonyl (C=O) groups excluding carboxylic acids is 1. The highest BCUT2D eigenvalue weighted by atomic mass is 32.2. The van der Waals surface area contributed by atoms with Crippen molar-refractivity contribution >= 4 is 28.6 Å². The largest absolute Gasteiger partial charge is 0.339 e. The third kappa shape index (κ3) is 5.30. The van der Waals surface area contributed by atoms with Crippen molar-refractivity contribution in [1.29, 1.82) is 0 Å². The van der Waals surface area contributed by atoms with Crippen LogP contribution in [-0.2, 0) is 5.75 Å². The lowest BCUT2D eigenvalue weighted by Crippen LogP contribution is -2.30. The molecule has 0 fully saturated rings. The number of hydrogen-bond acceptors (Lipinski definition) is 4. The van der Waals surface area contributed by atoms with Crippen LogP contribution in [0, 0.1) is 19.7 Å². The van der Waals surface area contributed by atoms with Crippen LogP contribution in [0.1, 0.15) is 40.9 Å². The van der Waals surface area contributed by atoms with Crippen LogP contribution >= 0.6 is 11.8 Å². The van der Waals surface area contributed by atoms with E-state index in [1.807, 2.05) is 52.0 Å². The molecule has 0 N–H and O–H groups in total. The van der Waals surface area contributed by atoms with E-state index in [0.29, 0.717) is 40.5 Å². The first-order valence-corrected chi connectivity index (χ1v) is 12.6. The van der Waals surface area contributed by atoms with Crippen LogP contribution in [0.4, 0.5) is 4.39 Å². The lowest BCUT2D eigenvalue weighted by atomic mass is 10.1. The molecule has 0 bridgehead atoms. The van der Waals surface area contributed by atoms with Gasteiger partial charge in [0.2, 0.25) is 0 Å². The molecule has 0 saturated carbocycles. The fraction of sp³-hybridized carbons (Fsp3) is 0.250. The highest BCUT2D eigenvalue weighted by Gasteiger charge is 2.18. The molecule has 1 heterocycles. The summed E-state index contributed by atoms with van der Waals surface area (Å²) in [5.41, 5.74) is 4.35. The zero-order valence-electron chi connectivity index (χ0n) is 20.3. The molecular weight excluding hydrogens is 461 g/mol. The molecule has 1 amide bonds. The second-order valence-electron chi connectivity index (χ2n) is 8.51. The van der Waals surface area contributed by atoms with E-state index in [-0.39, 0.29) is 17.3 Å². The van der Waals surface area contributed by atoms with Gasteiger partial charge in [0.15, 0.2) is 5.16 Å². The highest BCUT2D eigenvalue weighted by Crippen LogP contribution is 2.26. The molecule has 3 aromatic carbocycles. The molecular formula is C28H28FN3O2S. The number of aryl methyl sites for hydroxylation is 2. The summed E-state index contributed by atoms with van der Waals surface area (Å²) in [5, 5.41) is 0.930.